The Hall–Kier alpha value is -4.22. The number of esters is 1. The summed E-state index contributed by atoms with van der Waals surface area (Å²) in [5.74, 6) is -0.954. The standard InChI is InChI=1S/C22H26N2O10/c1-29-14-7-13(8-15(9-14)30-2)11-23(12-18(25)32-4)22(26)16-10-17(31-3)20(33-5)21(34-6)19(16)24(27)28/h7-10H,11-12H2,1-6H3. The highest BCUT2D eigenvalue weighted by Crippen LogP contribution is 2.46. The van der Waals surface area contributed by atoms with Crippen molar-refractivity contribution in [3.05, 3.63) is 45.5 Å². The van der Waals surface area contributed by atoms with E-state index in [0.29, 0.717) is 17.1 Å². The highest BCUT2D eigenvalue weighted by Gasteiger charge is 2.35. The van der Waals surface area contributed by atoms with Crippen LogP contribution in [0.15, 0.2) is 24.3 Å². The lowest BCUT2D eigenvalue weighted by molar-refractivity contribution is -0.386. The van der Waals surface area contributed by atoms with E-state index in [4.69, 9.17) is 28.4 Å². The highest BCUT2D eigenvalue weighted by atomic mass is 16.6. The molecule has 0 aliphatic rings. The molecule has 12 heteroatoms. The number of nitro groups is 1. The van der Waals surface area contributed by atoms with Gasteiger partial charge in [0.1, 0.15) is 23.6 Å². The van der Waals surface area contributed by atoms with Crippen LogP contribution in [-0.2, 0) is 16.1 Å². The van der Waals surface area contributed by atoms with Crippen LogP contribution in [0.2, 0.25) is 0 Å². The number of rotatable bonds is 11. The predicted molar refractivity (Wildman–Crippen MR) is 119 cm³/mol. The van der Waals surface area contributed by atoms with E-state index >= 15 is 0 Å². The van der Waals surface area contributed by atoms with Crippen molar-refractivity contribution in [3.63, 3.8) is 0 Å². The zero-order valence-corrected chi connectivity index (χ0v) is 19.7. The van der Waals surface area contributed by atoms with Crippen molar-refractivity contribution in [1.82, 2.24) is 4.90 Å². The summed E-state index contributed by atoms with van der Waals surface area (Å²) < 4.78 is 30.8. The lowest BCUT2D eigenvalue weighted by Crippen LogP contribution is -2.36. The summed E-state index contributed by atoms with van der Waals surface area (Å²) in [5, 5.41) is 11.9. The van der Waals surface area contributed by atoms with Gasteiger partial charge in [-0.25, -0.2) is 0 Å². The molecule has 2 rings (SSSR count). The Bertz CT molecular complexity index is 1050. The molecule has 12 nitrogen and oxygen atoms in total. The monoisotopic (exact) mass is 478 g/mol. The molecule has 0 heterocycles. The molecule has 34 heavy (non-hydrogen) atoms. The second-order valence-electron chi connectivity index (χ2n) is 6.76. The van der Waals surface area contributed by atoms with E-state index in [1.807, 2.05) is 0 Å². The second kappa shape index (κ2) is 11.6. The summed E-state index contributed by atoms with van der Waals surface area (Å²) in [7, 11) is 7.90. The Morgan fingerprint density at radius 2 is 1.44 bits per heavy atom. The van der Waals surface area contributed by atoms with Gasteiger partial charge in [0.05, 0.1) is 47.6 Å². The van der Waals surface area contributed by atoms with E-state index in [1.54, 1.807) is 18.2 Å². The Morgan fingerprint density at radius 3 is 1.88 bits per heavy atom. The minimum atomic E-state index is -0.835. The average Bonchev–Trinajstić information content (AvgIpc) is 2.85. The number of nitrogens with zero attached hydrogens (tertiary/aromatic N) is 2. The zero-order valence-electron chi connectivity index (χ0n) is 19.7. The molecule has 0 fully saturated rings. The first-order valence-electron chi connectivity index (χ1n) is 9.79. The smallest absolute Gasteiger partial charge is 0.327 e. The molecule has 0 radical (unpaired) electrons. The molecule has 2 aromatic carbocycles. The van der Waals surface area contributed by atoms with Crippen molar-refractivity contribution in [2.75, 3.05) is 49.2 Å². The lowest BCUT2D eigenvalue weighted by Gasteiger charge is -2.23. The van der Waals surface area contributed by atoms with Gasteiger partial charge in [-0.3, -0.25) is 19.7 Å². The summed E-state index contributed by atoms with van der Waals surface area (Å²) in [6, 6.07) is 6.09. The molecule has 184 valence electrons. The van der Waals surface area contributed by atoms with Gasteiger partial charge in [0, 0.05) is 18.7 Å². The van der Waals surface area contributed by atoms with Crippen molar-refractivity contribution < 1.29 is 42.9 Å². The van der Waals surface area contributed by atoms with Gasteiger partial charge in [-0.05, 0) is 17.7 Å². The van der Waals surface area contributed by atoms with Crippen LogP contribution in [0.4, 0.5) is 5.69 Å². The molecule has 0 N–H and O–H groups in total. The van der Waals surface area contributed by atoms with E-state index < -0.39 is 29.0 Å². The number of nitro benzene ring substituents is 1. The van der Waals surface area contributed by atoms with E-state index in [1.165, 1.54) is 42.7 Å². The number of carbonyl (C=O) groups is 2. The number of carbonyl (C=O) groups excluding carboxylic acids is 2. The first kappa shape index (κ1) is 26.0. The summed E-state index contributed by atoms with van der Waals surface area (Å²) >= 11 is 0. The van der Waals surface area contributed by atoms with Crippen molar-refractivity contribution in [2.24, 2.45) is 0 Å². The van der Waals surface area contributed by atoms with Crippen LogP contribution < -0.4 is 23.7 Å². The fourth-order valence-corrected chi connectivity index (χ4v) is 3.25. The quantitative estimate of drug-likeness (QED) is 0.269. The van der Waals surface area contributed by atoms with Gasteiger partial charge in [0.2, 0.25) is 11.5 Å². The van der Waals surface area contributed by atoms with Crippen LogP contribution in [0.25, 0.3) is 0 Å². The number of hydrogen-bond acceptors (Lipinski definition) is 10. The third-order valence-electron chi connectivity index (χ3n) is 4.84. The third-order valence-corrected chi connectivity index (χ3v) is 4.84. The fraction of sp³-hybridized carbons (Fsp3) is 0.364. The molecule has 0 aliphatic heterocycles. The van der Waals surface area contributed by atoms with E-state index in [2.05, 4.69) is 0 Å². The minimum Gasteiger partial charge on any atom is -0.497 e. The number of methoxy groups -OCH3 is 6. The highest BCUT2D eigenvalue weighted by molar-refractivity contribution is 6.01. The van der Waals surface area contributed by atoms with Crippen LogP contribution in [0.5, 0.6) is 28.7 Å². The Labute approximate surface area is 196 Å². The van der Waals surface area contributed by atoms with Crippen LogP contribution in [0, 0.1) is 10.1 Å². The number of hydrogen-bond donors (Lipinski definition) is 0. The topological polar surface area (TPSA) is 136 Å². The fourth-order valence-electron chi connectivity index (χ4n) is 3.25. The normalized spacial score (nSPS) is 10.2. The largest absolute Gasteiger partial charge is 0.497 e. The predicted octanol–water partition coefficient (Wildman–Crippen LogP) is 2.45. The van der Waals surface area contributed by atoms with Crippen molar-refractivity contribution in [2.45, 2.75) is 6.54 Å². The van der Waals surface area contributed by atoms with Crippen molar-refractivity contribution >= 4 is 17.6 Å². The number of ether oxygens (including phenoxy) is 6. The maximum absolute atomic E-state index is 13.6. The minimum absolute atomic E-state index is 0.0365. The van der Waals surface area contributed by atoms with Gasteiger partial charge in [-0.2, -0.15) is 0 Å². The third kappa shape index (κ3) is 5.57. The second-order valence-corrected chi connectivity index (χ2v) is 6.76. The Balaban J connectivity index is 2.66. The number of benzene rings is 2. The molecule has 2 aromatic rings. The molecule has 1 amide bonds. The van der Waals surface area contributed by atoms with Gasteiger partial charge in [-0.1, -0.05) is 0 Å². The summed E-state index contributed by atoms with van der Waals surface area (Å²) in [6.45, 7) is -0.599. The molecule has 0 aromatic heterocycles. The summed E-state index contributed by atoms with van der Waals surface area (Å²) in [6.07, 6.45) is 0. The number of amides is 1. The summed E-state index contributed by atoms with van der Waals surface area (Å²) in [4.78, 5) is 37.9. The molecule has 0 bridgehead atoms. The average molecular weight is 478 g/mol. The Morgan fingerprint density at radius 1 is 0.853 bits per heavy atom. The lowest BCUT2D eigenvalue weighted by atomic mass is 10.1. The van der Waals surface area contributed by atoms with E-state index in [-0.39, 0.29) is 29.4 Å². The maximum atomic E-state index is 13.6. The maximum Gasteiger partial charge on any atom is 0.327 e. The molecular formula is C22H26N2O10. The van der Waals surface area contributed by atoms with Crippen LogP contribution in [0.1, 0.15) is 15.9 Å². The van der Waals surface area contributed by atoms with Crippen molar-refractivity contribution in [3.8, 4) is 28.7 Å². The first-order valence-corrected chi connectivity index (χ1v) is 9.79. The zero-order chi connectivity index (χ0) is 25.4. The van der Waals surface area contributed by atoms with Crippen LogP contribution >= 0.6 is 0 Å². The SMILES string of the molecule is COC(=O)CN(Cc1cc(OC)cc(OC)c1)C(=O)c1cc(OC)c(OC)c(OC)c1[N+](=O)[O-]. The molecule has 0 unspecified atom stereocenters. The molecule has 0 atom stereocenters. The van der Waals surface area contributed by atoms with Gasteiger partial charge in [-0.15, -0.1) is 0 Å². The van der Waals surface area contributed by atoms with Crippen molar-refractivity contribution in [1.29, 1.82) is 0 Å². The summed E-state index contributed by atoms with van der Waals surface area (Å²) in [5.41, 5.74) is -0.454. The van der Waals surface area contributed by atoms with Crippen LogP contribution in [0.3, 0.4) is 0 Å². The van der Waals surface area contributed by atoms with E-state index in [9.17, 15) is 19.7 Å². The molecule has 0 aliphatic carbocycles. The van der Waals surface area contributed by atoms with Gasteiger partial charge in [0.25, 0.3) is 5.91 Å². The first-order chi connectivity index (χ1) is 16.2. The van der Waals surface area contributed by atoms with Gasteiger partial charge < -0.3 is 33.3 Å². The molecular weight excluding hydrogens is 452 g/mol. The Kier molecular flexibility index (Phi) is 8.87. The van der Waals surface area contributed by atoms with Crippen LogP contribution in [-0.4, -0.2) is 70.9 Å². The molecule has 0 spiro atoms. The molecule has 0 saturated carbocycles. The van der Waals surface area contributed by atoms with E-state index in [0.717, 1.165) is 11.0 Å². The van der Waals surface area contributed by atoms with Gasteiger partial charge >= 0.3 is 11.7 Å². The van der Waals surface area contributed by atoms with Gasteiger partial charge in [0.15, 0.2) is 5.75 Å². The molecule has 0 saturated heterocycles.